The third-order valence-electron chi connectivity index (χ3n) is 4.74. The van der Waals surface area contributed by atoms with Gasteiger partial charge in [-0.2, -0.15) is 0 Å². The minimum Gasteiger partial charge on any atom is -0.352 e. The number of amides is 2. The third-order valence-corrected chi connectivity index (χ3v) is 4.74. The van der Waals surface area contributed by atoms with Crippen LogP contribution in [0.25, 0.3) is 0 Å². The Kier molecular flexibility index (Phi) is 4.88. The highest BCUT2D eigenvalue weighted by atomic mass is 16.2. The fraction of sp³-hybridized carbons (Fsp3) is 0.333. The number of nitrogens with zero attached hydrogens (tertiary/aromatic N) is 1. The van der Waals surface area contributed by atoms with Crippen LogP contribution in [0.1, 0.15) is 28.7 Å². The van der Waals surface area contributed by atoms with E-state index in [9.17, 15) is 9.59 Å². The lowest BCUT2D eigenvalue weighted by Crippen LogP contribution is -2.32. The fourth-order valence-electron chi connectivity index (χ4n) is 3.17. The highest BCUT2D eigenvalue weighted by Gasteiger charge is 2.35. The molecule has 2 aromatic rings. The minimum atomic E-state index is -0.294. The summed E-state index contributed by atoms with van der Waals surface area (Å²) in [4.78, 5) is 26.6. The maximum absolute atomic E-state index is 12.5. The van der Waals surface area contributed by atoms with Crippen LogP contribution in [0.2, 0.25) is 0 Å². The molecule has 25 heavy (non-hydrogen) atoms. The number of hydrogen-bond donors (Lipinski definition) is 1. The smallest absolute Gasteiger partial charge is 0.227 e. The lowest BCUT2D eigenvalue weighted by atomic mass is 10.1. The summed E-state index contributed by atoms with van der Waals surface area (Å²) in [6.45, 7) is 6.98. The van der Waals surface area contributed by atoms with Crippen molar-refractivity contribution in [3.63, 3.8) is 0 Å². The van der Waals surface area contributed by atoms with Crippen molar-refractivity contribution in [2.45, 2.75) is 33.7 Å². The molecule has 2 aromatic carbocycles. The molecule has 0 radical (unpaired) electrons. The zero-order valence-electron chi connectivity index (χ0n) is 15.0. The Labute approximate surface area is 148 Å². The summed E-state index contributed by atoms with van der Waals surface area (Å²) in [5.41, 5.74) is 5.34. The van der Waals surface area contributed by atoms with Gasteiger partial charge in [0.15, 0.2) is 0 Å². The minimum absolute atomic E-state index is 0.0178. The van der Waals surface area contributed by atoms with Crippen molar-refractivity contribution in [1.82, 2.24) is 5.32 Å². The van der Waals surface area contributed by atoms with Crippen LogP contribution < -0.4 is 10.2 Å². The fourth-order valence-corrected chi connectivity index (χ4v) is 3.17. The third kappa shape index (κ3) is 3.90. The average Bonchev–Trinajstić information content (AvgIpc) is 2.98. The Hall–Kier alpha value is -2.62. The summed E-state index contributed by atoms with van der Waals surface area (Å²) >= 11 is 0. The maximum atomic E-state index is 12.5. The van der Waals surface area contributed by atoms with Gasteiger partial charge in [0.05, 0.1) is 5.92 Å². The van der Waals surface area contributed by atoms with Gasteiger partial charge in [-0.15, -0.1) is 0 Å². The molecule has 4 heteroatoms. The summed E-state index contributed by atoms with van der Waals surface area (Å²) in [5.74, 6) is -0.330. The van der Waals surface area contributed by atoms with E-state index < -0.39 is 0 Å². The molecule has 0 bridgehead atoms. The van der Waals surface area contributed by atoms with Gasteiger partial charge < -0.3 is 10.2 Å². The Morgan fingerprint density at radius 2 is 1.76 bits per heavy atom. The standard InChI is InChI=1S/C21H24N2O2/c1-14-5-8-17(9-6-14)12-22-21(25)18-11-20(24)23(13-18)19-10-15(2)4-7-16(19)3/h4-10,18H,11-13H2,1-3H3,(H,22,25). The Morgan fingerprint density at radius 1 is 1.08 bits per heavy atom. The molecule has 130 valence electrons. The first-order chi connectivity index (χ1) is 11.9. The Morgan fingerprint density at radius 3 is 2.48 bits per heavy atom. The number of hydrogen-bond acceptors (Lipinski definition) is 2. The van der Waals surface area contributed by atoms with E-state index >= 15 is 0 Å². The quantitative estimate of drug-likeness (QED) is 0.931. The molecular weight excluding hydrogens is 312 g/mol. The topological polar surface area (TPSA) is 49.4 Å². The van der Waals surface area contributed by atoms with Gasteiger partial charge in [-0.3, -0.25) is 9.59 Å². The molecule has 0 spiro atoms. The van der Waals surface area contributed by atoms with E-state index in [2.05, 4.69) is 5.32 Å². The van der Waals surface area contributed by atoms with Gasteiger partial charge in [-0.25, -0.2) is 0 Å². The van der Waals surface area contributed by atoms with Crippen LogP contribution in [0.15, 0.2) is 42.5 Å². The maximum Gasteiger partial charge on any atom is 0.227 e. The van der Waals surface area contributed by atoms with Crippen LogP contribution in [-0.4, -0.2) is 18.4 Å². The summed E-state index contributed by atoms with van der Waals surface area (Å²) in [6, 6.07) is 14.1. The van der Waals surface area contributed by atoms with Crippen molar-refractivity contribution in [1.29, 1.82) is 0 Å². The van der Waals surface area contributed by atoms with Gasteiger partial charge in [-0.1, -0.05) is 42.0 Å². The molecular formula is C21H24N2O2. The number of carbonyl (C=O) groups is 2. The SMILES string of the molecule is Cc1ccc(CNC(=O)C2CC(=O)N(c3cc(C)ccc3C)C2)cc1. The van der Waals surface area contributed by atoms with E-state index in [-0.39, 0.29) is 24.2 Å². The van der Waals surface area contributed by atoms with Crippen LogP contribution in [0.4, 0.5) is 5.69 Å². The van der Waals surface area contributed by atoms with Crippen molar-refractivity contribution in [3.05, 3.63) is 64.7 Å². The molecule has 1 atom stereocenters. The second kappa shape index (κ2) is 7.09. The number of carbonyl (C=O) groups excluding carboxylic acids is 2. The van der Waals surface area contributed by atoms with Gasteiger partial charge in [0.1, 0.15) is 0 Å². The lowest BCUT2D eigenvalue weighted by Gasteiger charge is -2.19. The second-order valence-electron chi connectivity index (χ2n) is 6.90. The number of aryl methyl sites for hydroxylation is 3. The first-order valence-electron chi connectivity index (χ1n) is 8.65. The molecule has 1 aliphatic heterocycles. The van der Waals surface area contributed by atoms with Crippen LogP contribution in [0, 0.1) is 26.7 Å². The summed E-state index contributed by atoms with van der Waals surface area (Å²) in [7, 11) is 0. The number of anilines is 1. The summed E-state index contributed by atoms with van der Waals surface area (Å²) in [5, 5.41) is 2.96. The molecule has 2 amide bonds. The van der Waals surface area contributed by atoms with Gasteiger partial charge in [0.25, 0.3) is 0 Å². The van der Waals surface area contributed by atoms with Crippen molar-refractivity contribution in [2.24, 2.45) is 5.92 Å². The summed E-state index contributed by atoms with van der Waals surface area (Å²) in [6.07, 6.45) is 0.271. The van der Waals surface area contributed by atoms with Crippen LogP contribution in [0.3, 0.4) is 0 Å². The highest BCUT2D eigenvalue weighted by Crippen LogP contribution is 2.28. The van der Waals surface area contributed by atoms with Gasteiger partial charge in [0.2, 0.25) is 11.8 Å². The molecule has 1 fully saturated rings. The molecule has 1 heterocycles. The molecule has 1 aliphatic rings. The molecule has 1 unspecified atom stereocenters. The zero-order chi connectivity index (χ0) is 18.0. The van der Waals surface area contributed by atoms with Gasteiger partial charge in [0, 0.05) is 25.2 Å². The molecule has 0 saturated carbocycles. The Balaban J connectivity index is 1.64. The van der Waals surface area contributed by atoms with E-state index in [1.54, 1.807) is 4.90 Å². The number of nitrogens with one attached hydrogen (secondary N) is 1. The largest absolute Gasteiger partial charge is 0.352 e. The van der Waals surface area contributed by atoms with Crippen LogP contribution in [-0.2, 0) is 16.1 Å². The molecule has 3 rings (SSSR count). The van der Waals surface area contributed by atoms with Crippen LogP contribution >= 0.6 is 0 Å². The van der Waals surface area contributed by atoms with Gasteiger partial charge >= 0.3 is 0 Å². The Bertz CT molecular complexity index is 796. The monoisotopic (exact) mass is 336 g/mol. The predicted octanol–water partition coefficient (Wildman–Crippen LogP) is 3.28. The van der Waals surface area contributed by atoms with E-state index in [4.69, 9.17) is 0 Å². The number of rotatable bonds is 4. The van der Waals surface area contributed by atoms with Crippen molar-refractivity contribution in [3.8, 4) is 0 Å². The summed E-state index contributed by atoms with van der Waals surface area (Å²) < 4.78 is 0. The zero-order valence-corrected chi connectivity index (χ0v) is 15.0. The van der Waals surface area contributed by atoms with Crippen molar-refractivity contribution >= 4 is 17.5 Å². The van der Waals surface area contributed by atoms with Crippen LogP contribution in [0.5, 0.6) is 0 Å². The molecule has 1 N–H and O–H groups in total. The second-order valence-corrected chi connectivity index (χ2v) is 6.90. The first kappa shape index (κ1) is 17.2. The van der Waals surface area contributed by atoms with E-state index in [1.165, 1.54) is 5.56 Å². The van der Waals surface area contributed by atoms with Crippen molar-refractivity contribution < 1.29 is 9.59 Å². The molecule has 4 nitrogen and oxygen atoms in total. The van der Waals surface area contributed by atoms with E-state index in [1.807, 2.05) is 63.2 Å². The normalized spacial score (nSPS) is 17.0. The average molecular weight is 336 g/mol. The van der Waals surface area contributed by atoms with Crippen molar-refractivity contribution in [2.75, 3.05) is 11.4 Å². The van der Waals surface area contributed by atoms with E-state index in [0.29, 0.717) is 13.1 Å². The molecule has 0 aromatic heterocycles. The molecule has 0 aliphatic carbocycles. The highest BCUT2D eigenvalue weighted by molar-refractivity contribution is 6.00. The predicted molar refractivity (Wildman–Crippen MR) is 99.4 cm³/mol. The molecule has 1 saturated heterocycles. The van der Waals surface area contributed by atoms with Gasteiger partial charge in [-0.05, 0) is 43.5 Å². The lowest BCUT2D eigenvalue weighted by molar-refractivity contribution is -0.126. The first-order valence-corrected chi connectivity index (χ1v) is 8.65. The van der Waals surface area contributed by atoms with E-state index in [0.717, 1.165) is 22.4 Å². The number of benzene rings is 2.